The lowest BCUT2D eigenvalue weighted by Crippen LogP contribution is -2.47. The van der Waals surface area contributed by atoms with E-state index in [2.05, 4.69) is 5.32 Å². The molecule has 1 saturated heterocycles. The van der Waals surface area contributed by atoms with Gasteiger partial charge in [-0.3, -0.25) is 4.79 Å². The van der Waals surface area contributed by atoms with Crippen molar-refractivity contribution in [2.45, 2.75) is 26.7 Å². The summed E-state index contributed by atoms with van der Waals surface area (Å²) >= 11 is 6.46. The van der Waals surface area contributed by atoms with E-state index in [1.807, 2.05) is 43.9 Å². The number of carbonyl (C=O) groups is 1. The highest BCUT2D eigenvalue weighted by Gasteiger charge is 2.31. The molecule has 1 aliphatic heterocycles. The molecule has 1 aliphatic rings. The van der Waals surface area contributed by atoms with Crippen molar-refractivity contribution in [2.75, 3.05) is 47.9 Å². The van der Waals surface area contributed by atoms with Crippen LogP contribution in [0.15, 0.2) is 36.4 Å². The van der Waals surface area contributed by atoms with Gasteiger partial charge in [-0.2, -0.15) is 0 Å². The van der Waals surface area contributed by atoms with E-state index < -0.39 is 34.8 Å². The first-order valence-corrected chi connectivity index (χ1v) is 12.7. The third-order valence-corrected chi connectivity index (χ3v) is 6.81. The first kappa shape index (κ1) is 28.5. The van der Waals surface area contributed by atoms with Crippen LogP contribution in [0, 0.1) is 36.0 Å². The maximum absolute atomic E-state index is 14.2. The fraction of sp³-hybridized carbons (Fsp3) is 0.321. The Hall–Kier alpha value is -3.53. The lowest BCUT2D eigenvalue weighted by Gasteiger charge is -2.38. The summed E-state index contributed by atoms with van der Waals surface area (Å²) in [7, 11) is 0. The molecule has 1 amide bonds. The average molecular weight is 568 g/mol. The number of hydrogen-bond acceptors (Lipinski definition) is 4. The summed E-state index contributed by atoms with van der Waals surface area (Å²) < 4.78 is 74.8. The SMILES string of the molecule is Cc1ccc(C(C)C)c(OCC(=O)Nc2ccc(N3CCN(c4c(F)c(F)c(F)c(F)c4F)CC3)c(Cl)c2)c1. The van der Waals surface area contributed by atoms with Gasteiger partial charge in [0.2, 0.25) is 5.82 Å². The number of nitrogens with zero attached hydrogens (tertiary/aromatic N) is 2. The summed E-state index contributed by atoms with van der Waals surface area (Å²) in [6, 6.07) is 10.8. The molecule has 3 aromatic carbocycles. The van der Waals surface area contributed by atoms with Gasteiger partial charge in [0.05, 0.1) is 10.7 Å². The van der Waals surface area contributed by atoms with Gasteiger partial charge in [-0.15, -0.1) is 0 Å². The second-order valence-corrected chi connectivity index (χ2v) is 10.00. The standard InChI is InChI=1S/C28H27ClF5N3O2/c1-15(2)18-6-4-16(3)12-21(18)39-14-22(38)35-17-5-7-20(19(29)13-17)36-8-10-37(11-9-36)28-26(33)24(31)23(30)25(32)27(28)34/h4-7,12-13,15H,8-11,14H2,1-3H3,(H,35,38). The molecule has 3 aromatic rings. The van der Waals surface area contributed by atoms with Crippen LogP contribution in [-0.4, -0.2) is 38.7 Å². The summed E-state index contributed by atoms with van der Waals surface area (Å²) in [5.74, 6) is -9.34. The highest BCUT2D eigenvalue weighted by molar-refractivity contribution is 6.33. The highest BCUT2D eigenvalue weighted by atomic mass is 35.5. The van der Waals surface area contributed by atoms with Gasteiger partial charge in [0.15, 0.2) is 29.9 Å². The zero-order valence-electron chi connectivity index (χ0n) is 21.6. The predicted molar refractivity (Wildman–Crippen MR) is 142 cm³/mol. The van der Waals surface area contributed by atoms with Gasteiger partial charge in [0.25, 0.3) is 5.91 Å². The Balaban J connectivity index is 1.38. The third-order valence-electron chi connectivity index (χ3n) is 6.50. The fourth-order valence-electron chi connectivity index (χ4n) is 4.47. The van der Waals surface area contributed by atoms with E-state index in [1.165, 1.54) is 0 Å². The molecule has 11 heteroatoms. The van der Waals surface area contributed by atoms with Crippen molar-refractivity contribution in [3.63, 3.8) is 0 Å². The fourth-order valence-corrected chi connectivity index (χ4v) is 4.77. The van der Waals surface area contributed by atoms with E-state index in [0.717, 1.165) is 16.0 Å². The number of halogens is 6. The van der Waals surface area contributed by atoms with Crippen molar-refractivity contribution in [3.05, 3.63) is 81.6 Å². The summed E-state index contributed by atoms with van der Waals surface area (Å²) in [4.78, 5) is 15.5. The molecule has 0 radical (unpaired) electrons. The Morgan fingerprint density at radius 3 is 2.08 bits per heavy atom. The zero-order valence-corrected chi connectivity index (χ0v) is 22.3. The van der Waals surface area contributed by atoms with E-state index in [9.17, 15) is 26.7 Å². The zero-order chi connectivity index (χ0) is 28.4. The number of carbonyl (C=O) groups excluding carboxylic acids is 1. The largest absolute Gasteiger partial charge is 0.483 e. The number of ether oxygens (including phenoxy) is 1. The maximum atomic E-state index is 14.2. The predicted octanol–water partition coefficient (Wildman–Crippen LogP) is 6.81. The third kappa shape index (κ3) is 6.06. The number of rotatable bonds is 7. The summed E-state index contributed by atoms with van der Waals surface area (Å²) in [5.41, 5.74) is 2.13. The Kier molecular flexibility index (Phi) is 8.54. The molecule has 1 heterocycles. The van der Waals surface area contributed by atoms with Crippen molar-refractivity contribution in [1.82, 2.24) is 0 Å². The minimum Gasteiger partial charge on any atom is -0.483 e. The smallest absolute Gasteiger partial charge is 0.262 e. The van der Waals surface area contributed by atoms with Crippen LogP contribution in [0.5, 0.6) is 5.75 Å². The molecule has 0 bridgehead atoms. The molecule has 208 valence electrons. The summed E-state index contributed by atoms with van der Waals surface area (Å²) in [5, 5.41) is 3.06. The number of anilines is 3. The van der Waals surface area contributed by atoms with E-state index in [4.69, 9.17) is 16.3 Å². The molecule has 0 atom stereocenters. The quantitative estimate of drug-likeness (QED) is 0.193. The minimum atomic E-state index is -2.19. The second kappa shape index (κ2) is 11.7. The van der Waals surface area contributed by atoms with Crippen molar-refractivity contribution in [1.29, 1.82) is 0 Å². The number of benzene rings is 3. The molecular formula is C28H27ClF5N3O2. The first-order valence-electron chi connectivity index (χ1n) is 12.3. The summed E-state index contributed by atoms with van der Waals surface area (Å²) in [6.45, 7) is 6.27. The number of piperazine rings is 1. The van der Waals surface area contributed by atoms with Crippen LogP contribution < -0.4 is 19.9 Å². The van der Waals surface area contributed by atoms with Crippen LogP contribution in [0.4, 0.5) is 39.0 Å². The van der Waals surface area contributed by atoms with Crippen molar-refractivity contribution >= 4 is 34.6 Å². The van der Waals surface area contributed by atoms with Crippen LogP contribution in [-0.2, 0) is 4.79 Å². The number of nitrogens with one attached hydrogen (secondary N) is 1. The molecule has 39 heavy (non-hydrogen) atoms. The normalized spacial score (nSPS) is 13.7. The van der Waals surface area contributed by atoms with Gasteiger partial charge in [0, 0.05) is 31.9 Å². The topological polar surface area (TPSA) is 44.8 Å². The number of hydrogen-bond donors (Lipinski definition) is 1. The molecule has 4 rings (SSSR count). The van der Waals surface area contributed by atoms with Gasteiger partial charge in [-0.1, -0.05) is 37.6 Å². The van der Waals surface area contributed by atoms with Crippen LogP contribution in [0.3, 0.4) is 0 Å². The van der Waals surface area contributed by atoms with Crippen LogP contribution in [0.1, 0.15) is 30.9 Å². The van der Waals surface area contributed by atoms with Crippen molar-refractivity contribution < 1.29 is 31.5 Å². The molecule has 0 unspecified atom stereocenters. The Labute approximate surface area is 228 Å². The molecular weight excluding hydrogens is 541 g/mol. The van der Waals surface area contributed by atoms with Crippen molar-refractivity contribution in [2.24, 2.45) is 0 Å². The van der Waals surface area contributed by atoms with Crippen LogP contribution >= 0.6 is 11.6 Å². The van der Waals surface area contributed by atoms with Crippen LogP contribution in [0.2, 0.25) is 5.02 Å². The summed E-state index contributed by atoms with van der Waals surface area (Å²) in [6.07, 6.45) is 0. The van der Waals surface area contributed by atoms with Crippen LogP contribution in [0.25, 0.3) is 0 Å². The molecule has 1 N–H and O–H groups in total. The Bertz CT molecular complexity index is 1370. The average Bonchev–Trinajstić information content (AvgIpc) is 2.90. The van der Waals surface area contributed by atoms with Crippen molar-refractivity contribution in [3.8, 4) is 5.75 Å². The van der Waals surface area contributed by atoms with Gasteiger partial charge in [0.1, 0.15) is 11.4 Å². The first-order chi connectivity index (χ1) is 18.5. The van der Waals surface area contributed by atoms with Gasteiger partial charge in [-0.05, 0) is 48.2 Å². The number of amides is 1. The van der Waals surface area contributed by atoms with E-state index in [0.29, 0.717) is 22.1 Å². The molecule has 0 aliphatic carbocycles. The van der Waals surface area contributed by atoms with E-state index in [-0.39, 0.29) is 44.6 Å². The maximum Gasteiger partial charge on any atom is 0.262 e. The van der Waals surface area contributed by atoms with Gasteiger partial charge < -0.3 is 19.9 Å². The molecule has 1 fully saturated rings. The molecule has 0 saturated carbocycles. The monoisotopic (exact) mass is 567 g/mol. The number of aryl methyl sites for hydroxylation is 1. The molecule has 0 spiro atoms. The highest BCUT2D eigenvalue weighted by Crippen LogP contribution is 2.34. The van der Waals surface area contributed by atoms with Gasteiger partial charge in [-0.25, -0.2) is 22.0 Å². The van der Waals surface area contributed by atoms with E-state index >= 15 is 0 Å². The second-order valence-electron chi connectivity index (χ2n) is 9.59. The lowest BCUT2D eigenvalue weighted by atomic mass is 10.0. The molecule has 5 nitrogen and oxygen atoms in total. The van der Waals surface area contributed by atoms with E-state index in [1.54, 1.807) is 18.2 Å². The Morgan fingerprint density at radius 2 is 1.49 bits per heavy atom. The Morgan fingerprint density at radius 1 is 0.897 bits per heavy atom. The molecule has 0 aromatic heterocycles. The minimum absolute atomic E-state index is 0.00182. The lowest BCUT2D eigenvalue weighted by molar-refractivity contribution is -0.118. The van der Waals surface area contributed by atoms with Gasteiger partial charge >= 0.3 is 0 Å².